The normalized spacial score (nSPS) is 27.4. The molecule has 7 nitrogen and oxygen atoms in total. The van der Waals surface area contributed by atoms with E-state index in [1.807, 2.05) is 25.1 Å². The summed E-state index contributed by atoms with van der Waals surface area (Å²) in [4.78, 5) is 23.5. The van der Waals surface area contributed by atoms with Gasteiger partial charge in [-0.15, -0.1) is 0 Å². The fourth-order valence-electron chi connectivity index (χ4n) is 4.90. The number of aryl methyl sites for hydroxylation is 1. The molecule has 1 saturated carbocycles. The van der Waals surface area contributed by atoms with E-state index in [9.17, 15) is 9.90 Å². The van der Waals surface area contributed by atoms with Gasteiger partial charge in [-0.25, -0.2) is 4.98 Å². The van der Waals surface area contributed by atoms with Crippen molar-refractivity contribution in [3.63, 3.8) is 0 Å². The predicted molar refractivity (Wildman–Crippen MR) is 118 cm³/mol. The molecule has 1 aliphatic heterocycles. The second-order valence-corrected chi connectivity index (χ2v) is 8.73. The van der Waals surface area contributed by atoms with Gasteiger partial charge in [0.25, 0.3) is 5.91 Å². The number of benzene rings is 1. The Hall–Kier alpha value is -2.35. The summed E-state index contributed by atoms with van der Waals surface area (Å²) in [6.45, 7) is 5.53. The maximum absolute atomic E-state index is 12.7. The van der Waals surface area contributed by atoms with Gasteiger partial charge < -0.3 is 15.2 Å². The zero-order chi connectivity index (χ0) is 21.7. The Morgan fingerprint density at radius 2 is 1.90 bits per heavy atom. The van der Waals surface area contributed by atoms with E-state index < -0.39 is 0 Å². The first-order valence-corrected chi connectivity index (χ1v) is 11.2. The number of amides is 1. The molecule has 2 N–H and O–H groups in total. The summed E-state index contributed by atoms with van der Waals surface area (Å²) in [7, 11) is 0. The van der Waals surface area contributed by atoms with Crippen LogP contribution >= 0.6 is 0 Å². The Balaban J connectivity index is 1.52. The van der Waals surface area contributed by atoms with Gasteiger partial charge in [0.1, 0.15) is 5.69 Å². The molecule has 2 heterocycles. The summed E-state index contributed by atoms with van der Waals surface area (Å²) in [6, 6.07) is 10.5. The van der Waals surface area contributed by atoms with E-state index in [0.717, 1.165) is 51.3 Å². The molecule has 2 fully saturated rings. The second-order valence-electron chi connectivity index (χ2n) is 8.73. The average Bonchev–Trinajstić information content (AvgIpc) is 2.99. The van der Waals surface area contributed by atoms with Crippen molar-refractivity contribution in [2.24, 2.45) is 0 Å². The molecule has 2 aliphatic rings. The fourth-order valence-corrected chi connectivity index (χ4v) is 4.90. The maximum atomic E-state index is 12.7. The minimum absolute atomic E-state index is 0.133. The van der Waals surface area contributed by atoms with Gasteiger partial charge in [-0.05, 0) is 38.2 Å². The van der Waals surface area contributed by atoms with Crippen LogP contribution in [0.2, 0.25) is 0 Å². The maximum Gasteiger partial charge on any atom is 0.271 e. The molecular formula is C24H32N4O3. The molecule has 31 heavy (non-hydrogen) atoms. The van der Waals surface area contributed by atoms with Crippen LogP contribution in [-0.2, 0) is 10.2 Å². The van der Waals surface area contributed by atoms with E-state index >= 15 is 0 Å². The summed E-state index contributed by atoms with van der Waals surface area (Å²) in [5.41, 5.74) is 2.09. The number of nitrogens with one attached hydrogen (secondary N) is 1. The molecule has 0 unspecified atom stereocenters. The number of carbonyl (C=O) groups excluding carboxylic acids is 1. The summed E-state index contributed by atoms with van der Waals surface area (Å²) in [6.07, 6.45) is 6.06. The number of aromatic nitrogens is 2. The van der Waals surface area contributed by atoms with Crippen LogP contribution in [0.1, 0.15) is 47.4 Å². The van der Waals surface area contributed by atoms with Crippen LogP contribution < -0.4 is 5.32 Å². The monoisotopic (exact) mass is 424 g/mol. The van der Waals surface area contributed by atoms with E-state index in [1.54, 1.807) is 6.20 Å². The van der Waals surface area contributed by atoms with Gasteiger partial charge in [0.05, 0.1) is 31.2 Å². The van der Waals surface area contributed by atoms with Crippen molar-refractivity contribution in [1.82, 2.24) is 20.2 Å². The summed E-state index contributed by atoms with van der Waals surface area (Å²) in [5.74, 6) is -0.211. The lowest BCUT2D eigenvalue weighted by Gasteiger charge is -2.37. The third-order valence-electron chi connectivity index (χ3n) is 6.78. The van der Waals surface area contributed by atoms with Crippen LogP contribution in [0.4, 0.5) is 0 Å². The highest BCUT2D eigenvalue weighted by molar-refractivity contribution is 5.91. The lowest BCUT2D eigenvalue weighted by atomic mass is 9.74. The Kier molecular flexibility index (Phi) is 6.95. The molecule has 2 aromatic rings. The SMILES string of the molecule is Cc1cnc(C(=O)NC[C@]2(c3ccccc3)CC[C@@H](O)[C@H](N3CCOCC3)CC2)cn1. The summed E-state index contributed by atoms with van der Waals surface area (Å²) < 4.78 is 5.50. The minimum atomic E-state index is -0.373. The zero-order valence-corrected chi connectivity index (χ0v) is 18.2. The first kappa shape index (κ1) is 21.9. The van der Waals surface area contributed by atoms with E-state index in [2.05, 4.69) is 32.3 Å². The van der Waals surface area contributed by atoms with Crippen molar-refractivity contribution in [1.29, 1.82) is 0 Å². The number of nitrogens with zero attached hydrogens (tertiary/aromatic N) is 3. The Bertz CT molecular complexity index is 855. The van der Waals surface area contributed by atoms with Crippen molar-refractivity contribution < 1.29 is 14.6 Å². The van der Waals surface area contributed by atoms with Gasteiger partial charge in [0, 0.05) is 37.3 Å². The van der Waals surface area contributed by atoms with Crippen LogP contribution in [0.5, 0.6) is 0 Å². The molecule has 1 amide bonds. The van der Waals surface area contributed by atoms with Crippen LogP contribution in [0, 0.1) is 6.92 Å². The van der Waals surface area contributed by atoms with Gasteiger partial charge in [0.2, 0.25) is 0 Å². The Morgan fingerprint density at radius 3 is 2.61 bits per heavy atom. The highest BCUT2D eigenvalue weighted by Gasteiger charge is 2.40. The van der Waals surface area contributed by atoms with Crippen molar-refractivity contribution in [3.05, 3.63) is 59.7 Å². The predicted octanol–water partition coefficient (Wildman–Crippen LogP) is 2.09. The number of morpholine rings is 1. The Labute approximate surface area is 183 Å². The van der Waals surface area contributed by atoms with E-state index in [-0.39, 0.29) is 23.5 Å². The third-order valence-corrected chi connectivity index (χ3v) is 6.78. The number of hydrogen-bond donors (Lipinski definition) is 2. The lowest BCUT2D eigenvalue weighted by molar-refractivity contribution is -0.0236. The quantitative estimate of drug-likeness (QED) is 0.715. The molecule has 3 atom stereocenters. The number of hydrogen-bond acceptors (Lipinski definition) is 6. The highest BCUT2D eigenvalue weighted by atomic mass is 16.5. The van der Waals surface area contributed by atoms with Gasteiger partial charge in [-0.2, -0.15) is 0 Å². The average molecular weight is 425 g/mol. The largest absolute Gasteiger partial charge is 0.391 e. The van der Waals surface area contributed by atoms with Crippen LogP contribution in [0.15, 0.2) is 42.7 Å². The van der Waals surface area contributed by atoms with Gasteiger partial charge in [0.15, 0.2) is 0 Å². The third kappa shape index (κ3) is 5.11. The molecule has 1 aromatic heterocycles. The van der Waals surface area contributed by atoms with Crippen molar-refractivity contribution in [2.45, 2.75) is 50.2 Å². The lowest BCUT2D eigenvalue weighted by Crippen LogP contribution is -2.48. The highest BCUT2D eigenvalue weighted by Crippen LogP contribution is 2.39. The molecule has 166 valence electrons. The summed E-state index contributed by atoms with van der Waals surface area (Å²) in [5, 5.41) is 14.1. The van der Waals surface area contributed by atoms with E-state index in [0.29, 0.717) is 18.7 Å². The van der Waals surface area contributed by atoms with Crippen molar-refractivity contribution in [3.8, 4) is 0 Å². The molecule has 0 radical (unpaired) electrons. The number of carbonyl (C=O) groups is 1. The van der Waals surface area contributed by atoms with Crippen molar-refractivity contribution in [2.75, 3.05) is 32.8 Å². The van der Waals surface area contributed by atoms with Crippen molar-refractivity contribution >= 4 is 5.91 Å². The fraction of sp³-hybridized carbons (Fsp3) is 0.542. The minimum Gasteiger partial charge on any atom is -0.391 e. The molecule has 1 aromatic carbocycles. The van der Waals surface area contributed by atoms with Crippen LogP contribution in [-0.4, -0.2) is 70.9 Å². The first-order chi connectivity index (χ1) is 15.1. The zero-order valence-electron chi connectivity index (χ0n) is 18.2. The van der Waals surface area contributed by atoms with Gasteiger partial charge in [-0.3, -0.25) is 14.7 Å². The number of aliphatic hydroxyl groups is 1. The first-order valence-electron chi connectivity index (χ1n) is 11.2. The molecule has 1 saturated heterocycles. The number of rotatable bonds is 5. The molecule has 4 rings (SSSR count). The number of aliphatic hydroxyl groups excluding tert-OH is 1. The number of ether oxygens (including phenoxy) is 1. The Morgan fingerprint density at radius 1 is 1.16 bits per heavy atom. The molecule has 0 spiro atoms. The summed E-state index contributed by atoms with van der Waals surface area (Å²) >= 11 is 0. The van der Waals surface area contributed by atoms with Gasteiger partial charge in [-0.1, -0.05) is 30.3 Å². The molecular weight excluding hydrogens is 392 g/mol. The van der Waals surface area contributed by atoms with Gasteiger partial charge >= 0.3 is 0 Å². The van der Waals surface area contributed by atoms with E-state index in [1.165, 1.54) is 11.8 Å². The standard InChI is InChI=1S/C24H32N4O3/c1-18-15-26-20(16-25-18)23(30)27-17-24(19-5-3-2-4-6-19)9-7-21(22(29)8-10-24)28-11-13-31-14-12-28/h2-6,15-16,21-22,29H,7-14,17H2,1H3,(H,27,30)/t21-,22-,24-/m1/s1. The molecule has 0 bridgehead atoms. The topological polar surface area (TPSA) is 87.6 Å². The molecule has 1 aliphatic carbocycles. The smallest absolute Gasteiger partial charge is 0.271 e. The second kappa shape index (κ2) is 9.85. The molecule has 7 heteroatoms. The van der Waals surface area contributed by atoms with Crippen LogP contribution in [0.25, 0.3) is 0 Å². The van der Waals surface area contributed by atoms with E-state index in [4.69, 9.17) is 4.74 Å². The van der Waals surface area contributed by atoms with Crippen LogP contribution in [0.3, 0.4) is 0 Å².